The van der Waals surface area contributed by atoms with Crippen LogP contribution in [0.25, 0.3) is 0 Å². The second-order valence-corrected chi connectivity index (χ2v) is 28.2. The first-order valence-electron chi connectivity index (χ1n) is 20.5. The zero-order valence-corrected chi connectivity index (χ0v) is 37.7. The van der Waals surface area contributed by atoms with Gasteiger partial charge in [-0.1, -0.05) is 103 Å². The molecule has 1 amide bonds. The molecule has 3 aliphatic rings. The maximum atomic E-state index is 15.3. The fourth-order valence-electron chi connectivity index (χ4n) is 8.53. The Labute approximate surface area is 342 Å². The minimum atomic E-state index is -1.65. The highest BCUT2D eigenvalue weighted by Crippen LogP contribution is 2.47. The van der Waals surface area contributed by atoms with Gasteiger partial charge >= 0.3 is 17.9 Å². The molecule has 2 aromatic carbocycles. The molecule has 0 bridgehead atoms. The normalized spacial score (nSPS) is 27.4. The van der Waals surface area contributed by atoms with E-state index >= 15 is 4.79 Å². The third-order valence-electron chi connectivity index (χ3n) is 11.5. The third-order valence-corrected chi connectivity index (χ3v) is 13.3. The van der Waals surface area contributed by atoms with Crippen molar-refractivity contribution in [1.29, 1.82) is 0 Å². The van der Waals surface area contributed by atoms with Crippen LogP contribution in [0.1, 0.15) is 87.2 Å². The molecule has 0 unspecified atom stereocenters. The van der Waals surface area contributed by atoms with Crippen LogP contribution in [0.2, 0.25) is 39.3 Å². The van der Waals surface area contributed by atoms with Gasteiger partial charge in [0.25, 0.3) is 0 Å². The zero-order chi connectivity index (χ0) is 41.8. The summed E-state index contributed by atoms with van der Waals surface area (Å²) in [5, 5.41) is 3.37. The summed E-state index contributed by atoms with van der Waals surface area (Å²) in [6.45, 7) is 19.6. The monoisotopic (exact) mass is 810 g/mol. The molecule has 0 aromatic heterocycles. The summed E-state index contributed by atoms with van der Waals surface area (Å²) < 4.78 is 16.9. The van der Waals surface area contributed by atoms with Crippen molar-refractivity contribution in [3.8, 4) is 22.9 Å². The lowest BCUT2D eigenvalue weighted by Gasteiger charge is -2.38. The van der Waals surface area contributed by atoms with Crippen LogP contribution in [0.15, 0.2) is 48.5 Å². The lowest BCUT2D eigenvalue weighted by molar-refractivity contribution is -0.162. The van der Waals surface area contributed by atoms with Gasteiger partial charge in [0.05, 0.1) is 32.1 Å². The molecule has 1 saturated carbocycles. The molecule has 2 aromatic rings. The first-order valence-corrected chi connectivity index (χ1v) is 27.5. The molecule has 0 radical (unpaired) electrons. The molecule has 57 heavy (non-hydrogen) atoms. The van der Waals surface area contributed by atoms with Crippen LogP contribution in [0.5, 0.6) is 0 Å². The fraction of sp³-hybridized carbons (Fsp3) is 0.565. The summed E-state index contributed by atoms with van der Waals surface area (Å²) in [6.07, 6.45) is 2.76. The van der Waals surface area contributed by atoms with E-state index in [1.807, 2.05) is 48.5 Å². The van der Waals surface area contributed by atoms with E-state index in [4.69, 9.17) is 14.2 Å². The molecule has 9 nitrogen and oxygen atoms in total. The van der Waals surface area contributed by atoms with E-state index in [9.17, 15) is 14.4 Å². The lowest BCUT2D eigenvalue weighted by Crippen LogP contribution is -2.46. The molecule has 1 N–H and O–H groups in total. The maximum absolute atomic E-state index is 15.3. The molecule has 306 valence electrons. The van der Waals surface area contributed by atoms with E-state index in [1.165, 1.54) is 14.2 Å². The first-order chi connectivity index (χ1) is 26.8. The van der Waals surface area contributed by atoms with E-state index in [-0.39, 0.29) is 30.8 Å². The summed E-state index contributed by atoms with van der Waals surface area (Å²) in [4.78, 5) is 58.3. The van der Waals surface area contributed by atoms with Crippen LogP contribution in [-0.2, 0) is 33.4 Å². The number of nitrogens with one attached hydrogen (secondary N) is 1. The van der Waals surface area contributed by atoms with Gasteiger partial charge in [0.15, 0.2) is 0 Å². The Morgan fingerprint density at radius 2 is 1.26 bits per heavy atom. The number of benzene rings is 2. The third kappa shape index (κ3) is 10.9. The zero-order valence-electron chi connectivity index (χ0n) is 35.7. The average molecular weight is 811 g/mol. The summed E-state index contributed by atoms with van der Waals surface area (Å²) in [5.41, 5.74) is 9.99. The molecular weight excluding hydrogens is 749 g/mol. The fourth-order valence-corrected chi connectivity index (χ4v) is 9.57. The molecule has 2 saturated heterocycles. The average Bonchev–Trinajstić information content (AvgIpc) is 3.79. The van der Waals surface area contributed by atoms with Crippen molar-refractivity contribution in [3.05, 3.63) is 70.8 Å². The SMILES string of the molecule is COC(=O)[C@H]1C[C@@H](C(=O)N2[C@H](C(=O)OC)C[C@H](C(=O)O[C@@H]3C[C@H](C)CC[C@H]3C(C)C)[C@@H]2c2ccc(C#C[Si](C)(C)C)cc2)[C@@H](c2ccc(C#C[Si](C)(C)C)cc2)N1. The minimum absolute atomic E-state index is 0.0451. The summed E-state index contributed by atoms with van der Waals surface area (Å²) >= 11 is 0. The predicted octanol–water partition coefficient (Wildman–Crippen LogP) is 7.47. The highest BCUT2D eigenvalue weighted by atomic mass is 28.3. The Hall–Kier alpha value is -4.17. The van der Waals surface area contributed by atoms with Crippen LogP contribution in [0, 0.1) is 52.5 Å². The molecular formula is C46H62N2O7Si2. The van der Waals surface area contributed by atoms with Crippen LogP contribution in [0.3, 0.4) is 0 Å². The number of esters is 3. The number of methoxy groups -OCH3 is 2. The number of likely N-dealkylation sites (tertiary alicyclic amines) is 1. The predicted molar refractivity (Wildman–Crippen MR) is 228 cm³/mol. The molecule has 0 spiro atoms. The highest BCUT2D eigenvalue weighted by molar-refractivity contribution is 6.84. The Morgan fingerprint density at radius 1 is 0.719 bits per heavy atom. The second kappa shape index (κ2) is 18.2. The van der Waals surface area contributed by atoms with Crippen molar-refractivity contribution in [2.45, 2.75) is 122 Å². The Kier molecular flexibility index (Phi) is 14.0. The smallest absolute Gasteiger partial charge is 0.328 e. The molecule has 9 atom stereocenters. The Bertz CT molecular complexity index is 1910. The maximum Gasteiger partial charge on any atom is 0.328 e. The summed E-state index contributed by atoms with van der Waals surface area (Å²) in [6, 6.07) is 12.1. The quantitative estimate of drug-likeness (QED) is 0.127. The van der Waals surface area contributed by atoms with Gasteiger partial charge in [0.1, 0.15) is 34.3 Å². The van der Waals surface area contributed by atoms with Gasteiger partial charge in [-0.2, -0.15) is 0 Å². The number of amides is 1. The number of hydrogen-bond donors (Lipinski definition) is 1. The standard InChI is InChI=1S/C46H62N2O7Si2/c1-29(2)35-21-12-30(3)26-40(35)55-44(50)37-28-39(46(52)54-5)48(42(37)34-19-15-32(16-20-34)23-25-57(9,10)11)43(49)36-27-38(45(51)53-4)47-41(36)33-17-13-31(14-18-33)22-24-56(6,7)8/h13-20,29-30,35-42,47H,12,21,26-28H2,1-11H3/t30-,35+,36-,37+,38-,39+,40-,41-,42+/m1/s1. The Morgan fingerprint density at radius 3 is 1.77 bits per heavy atom. The van der Waals surface area contributed by atoms with Gasteiger partial charge in [0.2, 0.25) is 5.91 Å². The number of carbonyl (C=O) groups is 4. The van der Waals surface area contributed by atoms with Gasteiger partial charge in [-0.25, -0.2) is 4.79 Å². The molecule has 5 rings (SSSR count). The van der Waals surface area contributed by atoms with E-state index in [0.29, 0.717) is 17.4 Å². The van der Waals surface area contributed by atoms with E-state index < -0.39 is 70.1 Å². The highest BCUT2D eigenvalue weighted by Gasteiger charge is 2.55. The van der Waals surface area contributed by atoms with Gasteiger partial charge in [-0.05, 0) is 78.8 Å². The van der Waals surface area contributed by atoms with Crippen molar-refractivity contribution < 1.29 is 33.4 Å². The van der Waals surface area contributed by atoms with Gasteiger partial charge in [0, 0.05) is 17.2 Å². The van der Waals surface area contributed by atoms with Gasteiger partial charge in [-0.15, -0.1) is 11.1 Å². The second-order valence-electron chi connectivity index (χ2n) is 18.7. The van der Waals surface area contributed by atoms with Crippen LogP contribution in [-0.4, -0.2) is 77.3 Å². The molecule has 3 fully saturated rings. The van der Waals surface area contributed by atoms with Crippen LogP contribution >= 0.6 is 0 Å². The first kappa shape index (κ1) is 43.9. The van der Waals surface area contributed by atoms with Crippen molar-refractivity contribution in [2.75, 3.05) is 14.2 Å². The largest absolute Gasteiger partial charge is 0.468 e. The number of rotatable bonds is 8. The minimum Gasteiger partial charge on any atom is -0.468 e. The number of hydrogen-bond acceptors (Lipinski definition) is 8. The number of ether oxygens (including phenoxy) is 3. The molecule has 2 aliphatic heterocycles. The van der Waals surface area contributed by atoms with E-state index in [0.717, 1.165) is 36.0 Å². The molecule has 2 heterocycles. The lowest BCUT2D eigenvalue weighted by atomic mass is 9.75. The van der Waals surface area contributed by atoms with Gasteiger partial charge in [-0.3, -0.25) is 19.7 Å². The van der Waals surface area contributed by atoms with Crippen molar-refractivity contribution in [3.63, 3.8) is 0 Å². The Balaban J connectivity index is 1.58. The molecule has 11 heteroatoms. The van der Waals surface area contributed by atoms with E-state index in [2.05, 4.69) is 88.3 Å². The van der Waals surface area contributed by atoms with E-state index in [1.54, 1.807) is 4.90 Å². The van der Waals surface area contributed by atoms with Gasteiger partial charge < -0.3 is 19.1 Å². The number of carbonyl (C=O) groups excluding carboxylic acids is 4. The number of nitrogens with zero attached hydrogens (tertiary/aromatic N) is 1. The summed E-state index contributed by atoms with van der Waals surface area (Å²) in [7, 11) is -0.626. The molecule has 1 aliphatic carbocycles. The topological polar surface area (TPSA) is 111 Å². The van der Waals surface area contributed by atoms with Crippen molar-refractivity contribution >= 4 is 40.0 Å². The van der Waals surface area contributed by atoms with Crippen molar-refractivity contribution in [1.82, 2.24) is 10.2 Å². The van der Waals surface area contributed by atoms with Crippen LogP contribution < -0.4 is 5.32 Å². The van der Waals surface area contributed by atoms with Crippen LogP contribution in [0.4, 0.5) is 0 Å². The van der Waals surface area contributed by atoms with Crippen molar-refractivity contribution in [2.24, 2.45) is 29.6 Å². The summed E-state index contributed by atoms with van der Waals surface area (Å²) in [5.74, 6) is 4.07.